The largest absolute Gasteiger partial charge is 0.353 e. The fourth-order valence-corrected chi connectivity index (χ4v) is 6.88. The number of thioether (sulfide) groups is 1. The minimum Gasteiger partial charge on any atom is -0.353 e. The molecule has 178 valence electrons. The van der Waals surface area contributed by atoms with Crippen molar-refractivity contribution < 1.29 is 9.59 Å². The van der Waals surface area contributed by atoms with Crippen LogP contribution >= 0.6 is 11.8 Å². The molecule has 2 amide bonds. The fraction of sp³-hybridized carbons (Fsp3) is 0.640. The number of benzene rings is 1. The summed E-state index contributed by atoms with van der Waals surface area (Å²) in [5, 5.41) is 8.90. The quantitative estimate of drug-likeness (QED) is 0.667. The maximum Gasteiger partial charge on any atom is 0.230 e. The van der Waals surface area contributed by atoms with Gasteiger partial charge in [0, 0.05) is 30.3 Å². The number of carbonyl (C=O) groups is 2. The lowest BCUT2D eigenvalue weighted by Gasteiger charge is -2.51. The minimum atomic E-state index is -0.242. The number of nitrogens with zero attached hydrogens (tertiary/aromatic N) is 3. The van der Waals surface area contributed by atoms with Crippen molar-refractivity contribution in [2.75, 3.05) is 6.54 Å². The third-order valence-electron chi connectivity index (χ3n) is 7.58. The van der Waals surface area contributed by atoms with Crippen LogP contribution in [0.2, 0.25) is 0 Å². The second-order valence-corrected chi connectivity index (χ2v) is 10.7. The molecule has 4 aliphatic rings. The van der Waals surface area contributed by atoms with Gasteiger partial charge in [0.05, 0.1) is 5.92 Å². The average Bonchev–Trinajstić information content (AvgIpc) is 3.51. The molecule has 1 aromatic rings. The normalized spacial score (nSPS) is 29.4. The molecule has 1 saturated heterocycles. The predicted octanol–water partition coefficient (Wildman–Crippen LogP) is 3.48. The number of carbonyl (C=O) groups excluding carboxylic acids is 2. The maximum absolute atomic E-state index is 13.4. The highest BCUT2D eigenvalue weighted by Gasteiger charge is 2.52. The van der Waals surface area contributed by atoms with Crippen LogP contribution < -0.4 is 10.7 Å². The third kappa shape index (κ3) is 4.59. The number of fused-ring (bicyclic) bond motifs is 3. The van der Waals surface area contributed by atoms with Crippen molar-refractivity contribution in [1.29, 1.82) is 0 Å². The lowest BCUT2D eigenvalue weighted by molar-refractivity contribution is -0.157. The monoisotopic (exact) mass is 469 g/mol. The summed E-state index contributed by atoms with van der Waals surface area (Å²) in [6.07, 6.45) is 7.57. The van der Waals surface area contributed by atoms with E-state index in [4.69, 9.17) is 0 Å². The van der Waals surface area contributed by atoms with Gasteiger partial charge in [-0.1, -0.05) is 61.9 Å². The van der Waals surface area contributed by atoms with Crippen molar-refractivity contribution in [3.8, 4) is 0 Å². The molecule has 33 heavy (non-hydrogen) atoms. The Morgan fingerprint density at radius 1 is 1.18 bits per heavy atom. The Hall–Kier alpha value is -2.22. The molecule has 0 radical (unpaired) electrons. The van der Waals surface area contributed by atoms with E-state index >= 15 is 0 Å². The first-order valence-electron chi connectivity index (χ1n) is 12.5. The van der Waals surface area contributed by atoms with Crippen molar-refractivity contribution in [2.45, 2.75) is 82.4 Å². The summed E-state index contributed by atoms with van der Waals surface area (Å²) in [4.78, 5) is 30.8. The van der Waals surface area contributed by atoms with Crippen LogP contribution in [0.5, 0.6) is 0 Å². The first-order valence-corrected chi connectivity index (χ1v) is 13.5. The van der Waals surface area contributed by atoms with Gasteiger partial charge >= 0.3 is 0 Å². The summed E-state index contributed by atoms with van der Waals surface area (Å²) in [5.74, 6) is 1.14. The molecule has 3 fully saturated rings. The predicted molar refractivity (Wildman–Crippen MR) is 131 cm³/mol. The number of hydrazone groups is 1. The van der Waals surface area contributed by atoms with E-state index in [1.54, 1.807) is 11.8 Å². The van der Waals surface area contributed by atoms with E-state index in [2.05, 4.69) is 51.9 Å². The topological polar surface area (TPSA) is 77.0 Å². The summed E-state index contributed by atoms with van der Waals surface area (Å²) < 4.78 is 0. The van der Waals surface area contributed by atoms with Crippen molar-refractivity contribution in [3.63, 3.8) is 0 Å². The SMILES string of the molecule is CCCN1C(=O)C2CCC(C(=O)NC3CCCC3)CC2N2C(SCc3ccccc3)=NNC12. The van der Waals surface area contributed by atoms with Crippen LogP contribution in [0.15, 0.2) is 35.4 Å². The van der Waals surface area contributed by atoms with Gasteiger partial charge in [-0.25, -0.2) is 0 Å². The number of amidine groups is 1. The van der Waals surface area contributed by atoms with Crippen LogP contribution in [-0.4, -0.2) is 51.7 Å². The molecule has 8 heteroatoms. The Labute approximate surface area is 200 Å². The summed E-state index contributed by atoms with van der Waals surface area (Å²) in [6.45, 7) is 2.82. The molecule has 2 heterocycles. The van der Waals surface area contributed by atoms with Gasteiger partial charge in [-0.2, -0.15) is 5.10 Å². The lowest BCUT2D eigenvalue weighted by Crippen LogP contribution is -2.68. The first kappa shape index (κ1) is 22.6. The zero-order chi connectivity index (χ0) is 22.8. The highest BCUT2D eigenvalue weighted by atomic mass is 32.2. The zero-order valence-electron chi connectivity index (χ0n) is 19.4. The van der Waals surface area contributed by atoms with Gasteiger partial charge in [0.2, 0.25) is 11.8 Å². The van der Waals surface area contributed by atoms with Gasteiger partial charge in [0.1, 0.15) is 0 Å². The van der Waals surface area contributed by atoms with Gasteiger partial charge in [-0.3, -0.25) is 15.0 Å². The molecule has 5 rings (SSSR count). The van der Waals surface area contributed by atoms with E-state index in [9.17, 15) is 9.59 Å². The summed E-state index contributed by atoms with van der Waals surface area (Å²) in [6, 6.07) is 10.7. The van der Waals surface area contributed by atoms with E-state index in [0.717, 1.165) is 49.4 Å². The second kappa shape index (κ2) is 9.95. The number of nitrogens with one attached hydrogen (secondary N) is 2. The summed E-state index contributed by atoms with van der Waals surface area (Å²) in [7, 11) is 0. The summed E-state index contributed by atoms with van der Waals surface area (Å²) in [5.41, 5.74) is 4.49. The van der Waals surface area contributed by atoms with Gasteiger partial charge in [0.15, 0.2) is 11.5 Å². The molecule has 4 atom stereocenters. The Kier molecular flexibility index (Phi) is 6.81. The van der Waals surface area contributed by atoms with Gasteiger partial charge in [-0.05, 0) is 44.1 Å². The van der Waals surface area contributed by atoms with Crippen molar-refractivity contribution in [3.05, 3.63) is 35.9 Å². The molecule has 2 N–H and O–H groups in total. The zero-order valence-corrected chi connectivity index (χ0v) is 20.2. The average molecular weight is 470 g/mol. The molecule has 0 bridgehead atoms. The van der Waals surface area contributed by atoms with E-state index in [-0.39, 0.29) is 36.0 Å². The number of amides is 2. The Morgan fingerprint density at radius 3 is 2.73 bits per heavy atom. The molecule has 0 spiro atoms. The van der Waals surface area contributed by atoms with Crippen LogP contribution in [0.3, 0.4) is 0 Å². The van der Waals surface area contributed by atoms with E-state index in [1.807, 2.05) is 11.0 Å². The first-order chi connectivity index (χ1) is 16.2. The Morgan fingerprint density at radius 2 is 1.97 bits per heavy atom. The molecular weight excluding hydrogens is 434 g/mol. The van der Waals surface area contributed by atoms with Crippen molar-refractivity contribution >= 4 is 28.7 Å². The number of hydrogen-bond donors (Lipinski definition) is 2. The van der Waals surface area contributed by atoms with Gasteiger partial charge < -0.3 is 15.1 Å². The van der Waals surface area contributed by atoms with Gasteiger partial charge in [-0.15, -0.1) is 0 Å². The standard InChI is InChI=1S/C25H35N5O2S/c1-2-14-29-23(32)20-13-12-18(22(31)26-19-10-6-7-11-19)15-21(20)30-24(29)27-28-25(30)33-16-17-8-4-3-5-9-17/h3-5,8-9,18-21,24,27H,2,6-7,10-16H2,1H3,(H,26,31). The molecule has 2 saturated carbocycles. The molecule has 4 unspecified atom stereocenters. The van der Waals surface area contributed by atoms with Crippen LogP contribution in [0.25, 0.3) is 0 Å². The minimum absolute atomic E-state index is 0.0145. The van der Waals surface area contributed by atoms with E-state index < -0.39 is 0 Å². The maximum atomic E-state index is 13.4. The van der Waals surface area contributed by atoms with E-state index in [1.165, 1.54) is 18.4 Å². The molecule has 1 aromatic carbocycles. The summed E-state index contributed by atoms with van der Waals surface area (Å²) >= 11 is 1.71. The highest BCUT2D eigenvalue weighted by Crippen LogP contribution is 2.41. The lowest BCUT2D eigenvalue weighted by atomic mass is 9.75. The Bertz CT molecular complexity index is 888. The highest BCUT2D eigenvalue weighted by molar-refractivity contribution is 8.13. The molecule has 2 aliphatic carbocycles. The van der Waals surface area contributed by atoms with Crippen LogP contribution in [0.4, 0.5) is 0 Å². The van der Waals surface area contributed by atoms with Crippen LogP contribution in [0, 0.1) is 11.8 Å². The molecule has 0 aromatic heterocycles. The Balaban J connectivity index is 1.33. The van der Waals surface area contributed by atoms with E-state index in [0.29, 0.717) is 12.6 Å². The smallest absolute Gasteiger partial charge is 0.230 e. The van der Waals surface area contributed by atoms with Crippen LogP contribution in [-0.2, 0) is 15.3 Å². The third-order valence-corrected chi connectivity index (χ3v) is 8.62. The molecule has 7 nitrogen and oxygen atoms in total. The molecule has 2 aliphatic heterocycles. The van der Waals surface area contributed by atoms with Crippen molar-refractivity contribution in [2.24, 2.45) is 16.9 Å². The number of rotatable bonds is 6. The molecular formula is C25H35N5O2S. The van der Waals surface area contributed by atoms with Crippen molar-refractivity contribution in [1.82, 2.24) is 20.5 Å². The second-order valence-electron chi connectivity index (χ2n) is 9.78. The fourth-order valence-electron chi connectivity index (χ4n) is 5.89. The van der Waals surface area contributed by atoms with Gasteiger partial charge in [0.25, 0.3) is 0 Å². The number of hydrogen-bond acceptors (Lipinski definition) is 6. The van der Waals surface area contributed by atoms with Crippen LogP contribution in [0.1, 0.15) is 63.9 Å².